The van der Waals surface area contributed by atoms with Crippen LogP contribution in [0.4, 0.5) is 13.2 Å². The van der Waals surface area contributed by atoms with E-state index in [1.165, 1.54) is 12.1 Å². The van der Waals surface area contributed by atoms with Crippen molar-refractivity contribution in [1.29, 1.82) is 0 Å². The second kappa shape index (κ2) is 5.98. The van der Waals surface area contributed by atoms with Gasteiger partial charge in [0.15, 0.2) is 0 Å². The highest BCUT2D eigenvalue weighted by atomic mass is 19.4. The first kappa shape index (κ1) is 16.0. The molecule has 3 rings (SSSR count). The monoisotopic (exact) mass is 326 g/mol. The fraction of sp³-hybridized carbons (Fsp3) is 0.438. The van der Waals surface area contributed by atoms with Crippen molar-refractivity contribution in [3.8, 4) is 0 Å². The standard InChI is InChI=1S/C16H17F3N2O2/c1-10-7-20-15(23-10)9-21-8-11(22)6-14(21)12-4-2-3-5-13(12)16(17,18)19/h2-5,7,11,14,22H,6,8-9H2,1H3. The van der Waals surface area contributed by atoms with Gasteiger partial charge < -0.3 is 9.52 Å². The van der Waals surface area contributed by atoms with Crippen molar-refractivity contribution >= 4 is 0 Å². The molecule has 0 amide bonds. The second-order valence-corrected chi connectivity index (χ2v) is 5.78. The van der Waals surface area contributed by atoms with Gasteiger partial charge in [-0.1, -0.05) is 18.2 Å². The molecule has 2 atom stereocenters. The summed E-state index contributed by atoms with van der Waals surface area (Å²) in [6, 6.07) is 4.99. The lowest BCUT2D eigenvalue weighted by atomic mass is 9.97. The van der Waals surface area contributed by atoms with Gasteiger partial charge in [0.1, 0.15) is 5.76 Å². The van der Waals surface area contributed by atoms with E-state index in [-0.39, 0.29) is 25.1 Å². The molecule has 1 aliphatic rings. The molecule has 2 aromatic rings. The van der Waals surface area contributed by atoms with Crippen LogP contribution in [0.1, 0.15) is 35.2 Å². The van der Waals surface area contributed by atoms with Crippen LogP contribution in [0.5, 0.6) is 0 Å². The Hall–Kier alpha value is -1.86. The molecule has 4 nitrogen and oxygen atoms in total. The first-order valence-corrected chi connectivity index (χ1v) is 7.34. The lowest BCUT2D eigenvalue weighted by Crippen LogP contribution is -2.26. The molecule has 1 saturated heterocycles. The maximum Gasteiger partial charge on any atom is 0.416 e. The zero-order chi connectivity index (χ0) is 16.6. The SMILES string of the molecule is Cc1cnc(CN2CC(O)CC2c2ccccc2C(F)(F)F)o1. The van der Waals surface area contributed by atoms with E-state index in [0.717, 1.165) is 6.07 Å². The van der Waals surface area contributed by atoms with Gasteiger partial charge in [-0.05, 0) is 25.0 Å². The van der Waals surface area contributed by atoms with Gasteiger partial charge in [0.25, 0.3) is 0 Å². The van der Waals surface area contributed by atoms with E-state index < -0.39 is 23.9 Å². The third-order valence-electron chi connectivity index (χ3n) is 4.01. The minimum absolute atomic E-state index is 0.180. The Balaban J connectivity index is 1.91. The molecule has 1 N–H and O–H groups in total. The predicted octanol–water partition coefficient (Wildman–Crippen LogP) is 3.31. The van der Waals surface area contributed by atoms with Gasteiger partial charge >= 0.3 is 6.18 Å². The van der Waals surface area contributed by atoms with Crippen molar-refractivity contribution in [2.75, 3.05) is 6.54 Å². The van der Waals surface area contributed by atoms with Crippen molar-refractivity contribution in [2.24, 2.45) is 0 Å². The number of aryl methyl sites for hydroxylation is 1. The lowest BCUT2D eigenvalue weighted by Gasteiger charge is -2.25. The molecule has 1 aromatic carbocycles. The topological polar surface area (TPSA) is 49.5 Å². The fourth-order valence-electron chi connectivity index (χ4n) is 3.07. The Bertz CT molecular complexity index is 684. The maximum absolute atomic E-state index is 13.2. The van der Waals surface area contributed by atoms with Crippen LogP contribution in [0.2, 0.25) is 0 Å². The summed E-state index contributed by atoms with van der Waals surface area (Å²) in [4.78, 5) is 5.87. The zero-order valence-electron chi connectivity index (χ0n) is 12.5. The zero-order valence-corrected chi connectivity index (χ0v) is 12.5. The van der Waals surface area contributed by atoms with Crippen LogP contribution in [0.25, 0.3) is 0 Å². The van der Waals surface area contributed by atoms with E-state index in [2.05, 4.69) is 4.98 Å². The summed E-state index contributed by atoms with van der Waals surface area (Å²) in [5.74, 6) is 1.08. The summed E-state index contributed by atoms with van der Waals surface area (Å²) in [6.07, 6.45) is -3.26. The summed E-state index contributed by atoms with van der Waals surface area (Å²) in [5.41, 5.74) is -0.479. The van der Waals surface area contributed by atoms with Gasteiger partial charge in [0, 0.05) is 12.6 Å². The third-order valence-corrected chi connectivity index (χ3v) is 4.01. The highest BCUT2D eigenvalue weighted by molar-refractivity contribution is 5.33. The maximum atomic E-state index is 13.2. The summed E-state index contributed by atoms with van der Waals surface area (Å²) in [5, 5.41) is 9.93. The van der Waals surface area contributed by atoms with Gasteiger partial charge in [0.2, 0.25) is 5.89 Å². The number of hydrogen-bond donors (Lipinski definition) is 1. The van der Waals surface area contributed by atoms with E-state index >= 15 is 0 Å². The second-order valence-electron chi connectivity index (χ2n) is 5.78. The van der Waals surface area contributed by atoms with E-state index in [1.807, 2.05) is 0 Å². The molecular weight excluding hydrogens is 309 g/mol. The average Bonchev–Trinajstić information content (AvgIpc) is 3.04. The first-order chi connectivity index (χ1) is 10.8. The summed E-state index contributed by atoms with van der Waals surface area (Å²) in [6.45, 7) is 2.31. The third kappa shape index (κ3) is 3.40. The van der Waals surface area contributed by atoms with Crippen LogP contribution in [-0.4, -0.2) is 27.6 Å². The molecule has 124 valence electrons. The molecule has 1 fully saturated rings. The fourth-order valence-corrected chi connectivity index (χ4v) is 3.07. The number of aliphatic hydroxyl groups is 1. The molecule has 0 spiro atoms. The molecule has 7 heteroatoms. The molecule has 0 aliphatic carbocycles. The van der Waals surface area contributed by atoms with E-state index in [1.54, 1.807) is 24.1 Å². The van der Waals surface area contributed by atoms with Crippen molar-refractivity contribution in [3.05, 3.63) is 53.2 Å². The van der Waals surface area contributed by atoms with Gasteiger partial charge in [-0.15, -0.1) is 0 Å². The van der Waals surface area contributed by atoms with Crippen molar-refractivity contribution in [3.63, 3.8) is 0 Å². The Kier molecular flexibility index (Phi) is 4.16. The van der Waals surface area contributed by atoms with Crippen LogP contribution in [0.3, 0.4) is 0 Å². The van der Waals surface area contributed by atoms with E-state index in [0.29, 0.717) is 11.7 Å². The highest BCUT2D eigenvalue weighted by Gasteiger charge is 2.40. The Morgan fingerprint density at radius 2 is 2.09 bits per heavy atom. The highest BCUT2D eigenvalue weighted by Crippen LogP contribution is 2.40. The Morgan fingerprint density at radius 3 is 2.74 bits per heavy atom. The van der Waals surface area contributed by atoms with Gasteiger partial charge in [-0.25, -0.2) is 4.98 Å². The number of oxazole rings is 1. The number of nitrogens with zero attached hydrogens (tertiary/aromatic N) is 2. The minimum Gasteiger partial charge on any atom is -0.445 e. The van der Waals surface area contributed by atoms with Gasteiger partial charge in [-0.2, -0.15) is 13.2 Å². The first-order valence-electron chi connectivity index (χ1n) is 7.34. The smallest absolute Gasteiger partial charge is 0.416 e. The molecular formula is C16H17F3N2O2. The summed E-state index contributed by atoms with van der Waals surface area (Å²) >= 11 is 0. The average molecular weight is 326 g/mol. The van der Waals surface area contributed by atoms with E-state index in [4.69, 9.17) is 4.42 Å². The van der Waals surface area contributed by atoms with Gasteiger partial charge in [0.05, 0.1) is 24.4 Å². The summed E-state index contributed by atoms with van der Waals surface area (Å²) < 4.78 is 45.1. The number of benzene rings is 1. The van der Waals surface area contributed by atoms with E-state index in [9.17, 15) is 18.3 Å². The normalized spacial score (nSPS) is 22.7. The molecule has 23 heavy (non-hydrogen) atoms. The van der Waals surface area contributed by atoms with Crippen molar-refractivity contribution < 1.29 is 22.7 Å². The molecule has 1 aliphatic heterocycles. The minimum atomic E-state index is -4.42. The Labute approximate surface area is 131 Å². The predicted molar refractivity (Wildman–Crippen MR) is 76.5 cm³/mol. The quantitative estimate of drug-likeness (QED) is 0.940. The van der Waals surface area contributed by atoms with Crippen LogP contribution < -0.4 is 0 Å². The molecule has 0 radical (unpaired) electrons. The summed E-state index contributed by atoms with van der Waals surface area (Å²) in [7, 11) is 0. The van der Waals surface area contributed by atoms with Crippen LogP contribution in [-0.2, 0) is 12.7 Å². The number of β-amino-alcohol motifs (C(OH)–C–C–N with tert-alkyl or cyclic N) is 1. The number of rotatable bonds is 3. The largest absolute Gasteiger partial charge is 0.445 e. The number of aliphatic hydroxyl groups excluding tert-OH is 1. The molecule has 0 bridgehead atoms. The van der Waals surface area contributed by atoms with Crippen LogP contribution in [0.15, 0.2) is 34.9 Å². The van der Waals surface area contributed by atoms with Crippen LogP contribution >= 0.6 is 0 Å². The number of likely N-dealkylation sites (tertiary alicyclic amines) is 1. The van der Waals surface area contributed by atoms with Crippen molar-refractivity contribution in [1.82, 2.24) is 9.88 Å². The molecule has 1 aromatic heterocycles. The van der Waals surface area contributed by atoms with Crippen LogP contribution in [0, 0.1) is 6.92 Å². The van der Waals surface area contributed by atoms with Gasteiger partial charge in [-0.3, -0.25) is 4.90 Å². The Morgan fingerprint density at radius 1 is 1.35 bits per heavy atom. The lowest BCUT2D eigenvalue weighted by molar-refractivity contribution is -0.138. The van der Waals surface area contributed by atoms with Crippen molar-refractivity contribution in [2.45, 2.75) is 38.2 Å². The number of aromatic nitrogens is 1. The molecule has 2 unspecified atom stereocenters. The number of hydrogen-bond acceptors (Lipinski definition) is 4. The molecule has 0 saturated carbocycles. The number of alkyl halides is 3. The number of halogens is 3. The molecule has 2 heterocycles.